The van der Waals surface area contributed by atoms with E-state index in [-0.39, 0.29) is 11.9 Å². The number of thioether (sulfide) groups is 1. The van der Waals surface area contributed by atoms with E-state index in [1.807, 2.05) is 11.8 Å². The monoisotopic (exact) mass is 294 g/mol. The van der Waals surface area contributed by atoms with E-state index in [9.17, 15) is 4.79 Å². The predicted octanol–water partition coefficient (Wildman–Crippen LogP) is 2.68. The molecule has 1 saturated carbocycles. The maximum absolute atomic E-state index is 12.3. The van der Waals surface area contributed by atoms with Gasteiger partial charge in [-0.1, -0.05) is 12.8 Å². The first kappa shape index (κ1) is 15.0. The molecule has 4 nitrogen and oxygen atoms in total. The lowest BCUT2D eigenvalue weighted by atomic mass is 9.94. The number of hydrogen-bond donors (Lipinski definition) is 2. The topological polar surface area (TPSA) is 64.3 Å². The van der Waals surface area contributed by atoms with Gasteiger partial charge in [0.15, 0.2) is 0 Å². The second-order valence-electron chi connectivity index (χ2n) is 5.10. The standard InChI is InChI=1S/C15H22N2O2S/c1-19-13-9-10(7-8-11(13)16)15(18)17-12-5-3-4-6-14(12)20-2/h7-9,12,14H,3-6,16H2,1-2H3,(H,17,18). The molecule has 2 rings (SSSR count). The van der Waals surface area contributed by atoms with Crippen molar-refractivity contribution in [3.8, 4) is 5.75 Å². The van der Waals surface area contributed by atoms with Crippen LogP contribution in [0.1, 0.15) is 36.0 Å². The number of hydrogen-bond acceptors (Lipinski definition) is 4. The zero-order valence-corrected chi connectivity index (χ0v) is 12.8. The summed E-state index contributed by atoms with van der Waals surface area (Å²) in [5, 5.41) is 3.67. The van der Waals surface area contributed by atoms with Crippen LogP contribution in [0.4, 0.5) is 5.69 Å². The summed E-state index contributed by atoms with van der Waals surface area (Å²) in [6.07, 6.45) is 6.79. The second-order valence-corrected chi connectivity index (χ2v) is 6.17. The quantitative estimate of drug-likeness (QED) is 0.838. The summed E-state index contributed by atoms with van der Waals surface area (Å²) in [6.45, 7) is 0. The van der Waals surface area contributed by atoms with Crippen LogP contribution in [0.15, 0.2) is 18.2 Å². The zero-order chi connectivity index (χ0) is 14.5. The zero-order valence-electron chi connectivity index (χ0n) is 12.0. The Bertz CT molecular complexity index is 479. The third kappa shape index (κ3) is 3.39. The van der Waals surface area contributed by atoms with Gasteiger partial charge in [0.2, 0.25) is 0 Å². The molecule has 1 aliphatic carbocycles. The molecule has 110 valence electrons. The average Bonchev–Trinajstić information content (AvgIpc) is 2.48. The van der Waals surface area contributed by atoms with Gasteiger partial charge in [-0.15, -0.1) is 0 Å². The largest absolute Gasteiger partial charge is 0.495 e. The van der Waals surface area contributed by atoms with Gasteiger partial charge < -0.3 is 15.8 Å². The summed E-state index contributed by atoms with van der Waals surface area (Å²) in [5.74, 6) is 0.497. The highest BCUT2D eigenvalue weighted by Crippen LogP contribution is 2.28. The molecule has 1 aromatic rings. The Morgan fingerprint density at radius 1 is 1.40 bits per heavy atom. The molecule has 0 heterocycles. The fourth-order valence-electron chi connectivity index (χ4n) is 2.65. The summed E-state index contributed by atoms with van der Waals surface area (Å²) in [7, 11) is 1.55. The summed E-state index contributed by atoms with van der Waals surface area (Å²) >= 11 is 1.84. The molecule has 0 bridgehead atoms. The molecule has 1 amide bonds. The number of methoxy groups -OCH3 is 1. The number of carbonyl (C=O) groups is 1. The molecule has 0 aromatic heterocycles. The van der Waals surface area contributed by atoms with Crippen molar-refractivity contribution in [2.75, 3.05) is 19.1 Å². The number of ether oxygens (including phenoxy) is 1. The Morgan fingerprint density at radius 3 is 2.85 bits per heavy atom. The molecule has 5 heteroatoms. The number of amides is 1. The number of carbonyl (C=O) groups excluding carboxylic acids is 1. The van der Waals surface area contributed by atoms with Crippen LogP contribution in [-0.4, -0.2) is 30.6 Å². The van der Waals surface area contributed by atoms with E-state index in [0.29, 0.717) is 22.3 Å². The van der Waals surface area contributed by atoms with Crippen molar-refractivity contribution in [2.24, 2.45) is 0 Å². The highest BCUT2D eigenvalue weighted by atomic mass is 32.2. The second kappa shape index (κ2) is 6.88. The molecule has 0 spiro atoms. The van der Waals surface area contributed by atoms with Gasteiger partial charge >= 0.3 is 0 Å². The first-order valence-electron chi connectivity index (χ1n) is 6.93. The SMILES string of the molecule is COc1cc(C(=O)NC2CCCCC2SC)ccc1N. The van der Waals surface area contributed by atoms with Crippen molar-refractivity contribution in [2.45, 2.75) is 37.0 Å². The predicted molar refractivity (Wildman–Crippen MR) is 84.4 cm³/mol. The summed E-state index contributed by atoms with van der Waals surface area (Å²) < 4.78 is 5.16. The van der Waals surface area contributed by atoms with Gasteiger partial charge in [0.05, 0.1) is 12.8 Å². The molecule has 2 atom stereocenters. The van der Waals surface area contributed by atoms with Crippen LogP contribution >= 0.6 is 11.8 Å². The molecule has 1 fully saturated rings. The van der Waals surface area contributed by atoms with Crippen LogP contribution in [0.3, 0.4) is 0 Å². The number of benzene rings is 1. The Hall–Kier alpha value is -1.36. The molecule has 1 aromatic carbocycles. The third-order valence-corrected chi connectivity index (χ3v) is 4.99. The fourth-order valence-corrected chi connectivity index (χ4v) is 3.58. The van der Waals surface area contributed by atoms with Crippen LogP contribution in [-0.2, 0) is 0 Å². The van der Waals surface area contributed by atoms with Gasteiger partial charge in [-0.2, -0.15) is 11.8 Å². The molecular formula is C15H22N2O2S. The maximum atomic E-state index is 12.3. The molecule has 1 aliphatic rings. The van der Waals surface area contributed by atoms with Crippen LogP contribution in [0.5, 0.6) is 5.75 Å². The summed E-state index contributed by atoms with van der Waals surface area (Å²) in [6, 6.07) is 5.40. The van der Waals surface area contributed by atoms with Gasteiger partial charge in [0.1, 0.15) is 5.75 Å². The van der Waals surface area contributed by atoms with Crippen molar-refractivity contribution in [1.29, 1.82) is 0 Å². The van der Waals surface area contributed by atoms with Crippen molar-refractivity contribution in [1.82, 2.24) is 5.32 Å². The normalized spacial score (nSPS) is 22.3. The van der Waals surface area contributed by atoms with Gasteiger partial charge in [0, 0.05) is 16.9 Å². The highest BCUT2D eigenvalue weighted by Gasteiger charge is 2.26. The van der Waals surface area contributed by atoms with E-state index < -0.39 is 0 Å². The Kier molecular flexibility index (Phi) is 5.17. The molecule has 20 heavy (non-hydrogen) atoms. The molecule has 0 radical (unpaired) electrons. The Labute approximate surface area is 124 Å². The lowest BCUT2D eigenvalue weighted by Crippen LogP contribution is -2.43. The van der Waals surface area contributed by atoms with Gasteiger partial charge in [-0.3, -0.25) is 4.79 Å². The van der Waals surface area contributed by atoms with Gasteiger partial charge in [0.25, 0.3) is 5.91 Å². The third-order valence-electron chi connectivity index (χ3n) is 3.82. The van der Waals surface area contributed by atoms with Crippen LogP contribution in [0.25, 0.3) is 0 Å². The minimum atomic E-state index is -0.0470. The minimum absolute atomic E-state index is 0.0470. The molecule has 3 N–H and O–H groups in total. The smallest absolute Gasteiger partial charge is 0.251 e. The van der Waals surface area contributed by atoms with Crippen molar-refractivity contribution in [3.05, 3.63) is 23.8 Å². The van der Waals surface area contributed by atoms with Crippen molar-refractivity contribution < 1.29 is 9.53 Å². The fraction of sp³-hybridized carbons (Fsp3) is 0.533. The van der Waals surface area contributed by atoms with E-state index in [2.05, 4.69) is 11.6 Å². The lowest BCUT2D eigenvalue weighted by molar-refractivity contribution is 0.0929. The van der Waals surface area contributed by atoms with Crippen molar-refractivity contribution in [3.63, 3.8) is 0 Å². The highest BCUT2D eigenvalue weighted by molar-refractivity contribution is 7.99. The van der Waals surface area contributed by atoms with E-state index >= 15 is 0 Å². The first-order valence-corrected chi connectivity index (χ1v) is 8.21. The maximum Gasteiger partial charge on any atom is 0.251 e. The van der Waals surface area contributed by atoms with Gasteiger partial charge in [-0.25, -0.2) is 0 Å². The minimum Gasteiger partial charge on any atom is -0.495 e. The number of nitrogen functional groups attached to an aromatic ring is 1. The molecule has 2 unspecified atom stereocenters. The number of rotatable bonds is 4. The lowest BCUT2D eigenvalue weighted by Gasteiger charge is -2.31. The van der Waals surface area contributed by atoms with E-state index in [1.54, 1.807) is 25.3 Å². The number of nitrogens with one attached hydrogen (secondary N) is 1. The summed E-state index contributed by atoms with van der Waals surface area (Å²) in [4.78, 5) is 12.3. The molecule has 0 saturated heterocycles. The van der Waals surface area contributed by atoms with E-state index in [0.717, 1.165) is 6.42 Å². The first-order chi connectivity index (χ1) is 9.65. The summed E-state index contributed by atoms with van der Waals surface area (Å²) in [5.41, 5.74) is 6.91. The van der Waals surface area contributed by atoms with Crippen molar-refractivity contribution >= 4 is 23.4 Å². The molecular weight excluding hydrogens is 272 g/mol. The number of anilines is 1. The van der Waals surface area contributed by atoms with Crippen LogP contribution in [0.2, 0.25) is 0 Å². The van der Waals surface area contributed by atoms with E-state index in [4.69, 9.17) is 10.5 Å². The van der Waals surface area contributed by atoms with Gasteiger partial charge in [-0.05, 0) is 37.3 Å². The van der Waals surface area contributed by atoms with Crippen LogP contribution < -0.4 is 15.8 Å². The molecule has 0 aliphatic heterocycles. The number of nitrogens with two attached hydrogens (primary N) is 1. The van der Waals surface area contributed by atoms with Crippen LogP contribution in [0, 0.1) is 0 Å². The average molecular weight is 294 g/mol. The Morgan fingerprint density at radius 2 is 2.15 bits per heavy atom. The van der Waals surface area contributed by atoms with E-state index in [1.165, 1.54) is 19.3 Å². The Balaban J connectivity index is 2.07.